The van der Waals surface area contributed by atoms with E-state index >= 15 is 0 Å². The molecule has 0 radical (unpaired) electrons. The van der Waals surface area contributed by atoms with Crippen LogP contribution in [-0.4, -0.2) is 22.4 Å². The summed E-state index contributed by atoms with van der Waals surface area (Å²) in [4.78, 5) is 23.2. The average Bonchev–Trinajstić information content (AvgIpc) is 2.47. The zero-order valence-corrected chi connectivity index (χ0v) is 15.3. The molecule has 0 aliphatic rings. The van der Waals surface area contributed by atoms with Crippen molar-refractivity contribution in [3.8, 4) is 0 Å². The highest BCUT2D eigenvalue weighted by Gasteiger charge is 2.21. The summed E-state index contributed by atoms with van der Waals surface area (Å²) in [7, 11) is 0. The van der Waals surface area contributed by atoms with Gasteiger partial charge in [-0.25, -0.2) is 9.97 Å². The molecule has 1 amide bonds. The Morgan fingerprint density at radius 3 is 2.08 bits per heavy atom. The van der Waals surface area contributed by atoms with Gasteiger partial charge in [0, 0.05) is 34.7 Å². The third-order valence-electron chi connectivity index (χ3n) is 3.65. The molecule has 0 aliphatic carbocycles. The molecule has 0 bridgehead atoms. The van der Waals surface area contributed by atoms with Gasteiger partial charge in [-0.3, -0.25) is 4.79 Å². The van der Waals surface area contributed by atoms with E-state index < -0.39 is 5.41 Å². The third-order valence-corrected chi connectivity index (χ3v) is 3.65. The maximum absolute atomic E-state index is 12.1. The first-order valence-corrected chi connectivity index (χ1v) is 8.22. The molecular weight excluding hydrogens is 300 g/mol. The molecule has 1 heterocycles. The van der Waals surface area contributed by atoms with Crippen LogP contribution >= 0.6 is 0 Å². The molecule has 1 N–H and O–H groups in total. The quantitative estimate of drug-likeness (QED) is 0.913. The molecule has 1 aromatic carbocycles. The van der Waals surface area contributed by atoms with Gasteiger partial charge in [-0.1, -0.05) is 20.8 Å². The fraction of sp³-hybridized carbons (Fsp3) is 0.421. The van der Waals surface area contributed by atoms with E-state index in [1.54, 1.807) is 0 Å². The van der Waals surface area contributed by atoms with Crippen LogP contribution in [0.2, 0.25) is 0 Å². The van der Waals surface area contributed by atoms with Crippen LogP contribution in [0, 0.1) is 19.3 Å². The van der Waals surface area contributed by atoms with Gasteiger partial charge in [-0.15, -0.1) is 0 Å². The standard InChI is InChI=1S/C19H26N4O/c1-7-23(18-20-13(2)12-14(3)21-18)16-10-8-15(9-11-16)22-17(24)19(4,5)6/h8-12H,7H2,1-6H3,(H,22,24). The van der Waals surface area contributed by atoms with Gasteiger partial charge in [0.25, 0.3) is 0 Å². The smallest absolute Gasteiger partial charge is 0.230 e. The molecule has 0 spiro atoms. The first kappa shape index (κ1) is 17.9. The number of nitrogens with one attached hydrogen (secondary N) is 1. The summed E-state index contributed by atoms with van der Waals surface area (Å²) in [6.45, 7) is 12.5. The molecule has 0 saturated heterocycles. The van der Waals surface area contributed by atoms with Gasteiger partial charge in [-0.2, -0.15) is 0 Å². The van der Waals surface area contributed by atoms with Crippen LogP contribution in [0.4, 0.5) is 17.3 Å². The Morgan fingerprint density at radius 1 is 1.08 bits per heavy atom. The van der Waals surface area contributed by atoms with Crippen molar-refractivity contribution in [3.63, 3.8) is 0 Å². The molecule has 0 fully saturated rings. The van der Waals surface area contributed by atoms with Crippen LogP contribution in [0.1, 0.15) is 39.1 Å². The van der Waals surface area contributed by atoms with Crippen molar-refractivity contribution in [2.75, 3.05) is 16.8 Å². The van der Waals surface area contributed by atoms with Crippen molar-refractivity contribution in [1.29, 1.82) is 0 Å². The molecule has 128 valence electrons. The lowest BCUT2D eigenvalue weighted by molar-refractivity contribution is -0.123. The Balaban J connectivity index is 2.23. The highest BCUT2D eigenvalue weighted by atomic mass is 16.2. The van der Waals surface area contributed by atoms with E-state index in [1.807, 2.05) is 65.0 Å². The molecule has 0 saturated carbocycles. The summed E-state index contributed by atoms with van der Waals surface area (Å²) in [5, 5.41) is 2.94. The van der Waals surface area contributed by atoms with Gasteiger partial charge >= 0.3 is 0 Å². The predicted octanol–water partition coefficient (Wildman–Crippen LogP) is 4.24. The lowest BCUT2D eigenvalue weighted by Crippen LogP contribution is -2.27. The molecule has 5 heteroatoms. The number of benzene rings is 1. The van der Waals surface area contributed by atoms with Crippen LogP contribution in [0.25, 0.3) is 0 Å². The van der Waals surface area contributed by atoms with E-state index in [-0.39, 0.29) is 5.91 Å². The van der Waals surface area contributed by atoms with Crippen molar-refractivity contribution in [2.24, 2.45) is 5.41 Å². The Hall–Kier alpha value is -2.43. The number of aryl methyl sites for hydroxylation is 2. The number of hydrogen-bond acceptors (Lipinski definition) is 4. The predicted molar refractivity (Wildman–Crippen MR) is 98.7 cm³/mol. The van der Waals surface area contributed by atoms with Crippen molar-refractivity contribution in [3.05, 3.63) is 41.7 Å². The maximum Gasteiger partial charge on any atom is 0.230 e. The normalized spacial score (nSPS) is 11.2. The minimum atomic E-state index is -0.416. The Morgan fingerprint density at radius 2 is 1.62 bits per heavy atom. The van der Waals surface area contributed by atoms with E-state index in [0.717, 1.165) is 29.3 Å². The number of anilines is 3. The Labute approximate surface area is 144 Å². The van der Waals surface area contributed by atoms with E-state index in [2.05, 4.69) is 27.1 Å². The van der Waals surface area contributed by atoms with Gasteiger partial charge in [0.15, 0.2) is 0 Å². The average molecular weight is 326 g/mol. The van der Waals surface area contributed by atoms with E-state index in [4.69, 9.17) is 0 Å². The van der Waals surface area contributed by atoms with E-state index in [1.165, 1.54) is 0 Å². The molecule has 1 aromatic heterocycles. The second-order valence-corrected chi connectivity index (χ2v) is 6.95. The van der Waals surface area contributed by atoms with Gasteiger partial charge < -0.3 is 10.2 Å². The number of carbonyl (C=O) groups is 1. The molecule has 0 atom stereocenters. The Bertz CT molecular complexity index is 697. The van der Waals surface area contributed by atoms with Gasteiger partial charge in [-0.05, 0) is 51.1 Å². The SMILES string of the molecule is CCN(c1ccc(NC(=O)C(C)(C)C)cc1)c1nc(C)cc(C)n1. The largest absolute Gasteiger partial charge is 0.326 e. The monoisotopic (exact) mass is 326 g/mol. The molecule has 24 heavy (non-hydrogen) atoms. The van der Waals surface area contributed by atoms with Crippen LogP contribution in [0.3, 0.4) is 0 Å². The number of aromatic nitrogens is 2. The van der Waals surface area contributed by atoms with Gasteiger partial charge in [0.2, 0.25) is 11.9 Å². The number of nitrogens with zero attached hydrogens (tertiary/aromatic N) is 3. The fourth-order valence-electron chi connectivity index (χ4n) is 2.31. The van der Waals surface area contributed by atoms with Crippen LogP contribution in [-0.2, 0) is 4.79 Å². The lowest BCUT2D eigenvalue weighted by Gasteiger charge is -2.22. The fourth-order valence-corrected chi connectivity index (χ4v) is 2.31. The zero-order valence-electron chi connectivity index (χ0n) is 15.3. The van der Waals surface area contributed by atoms with Crippen molar-refractivity contribution in [1.82, 2.24) is 9.97 Å². The minimum absolute atomic E-state index is 0.000222. The van der Waals surface area contributed by atoms with Crippen molar-refractivity contribution in [2.45, 2.75) is 41.5 Å². The van der Waals surface area contributed by atoms with Crippen molar-refractivity contribution >= 4 is 23.2 Å². The summed E-state index contributed by atoms with van der Waals surface area (Å²) >= 11 is 0. The number of rotatable bonds is 4. The summed E-state index contributed by atoms with van der Waals surface area (Å²) in [6, 6.07) is 9.72. The number of carbonyl (C=O) groups excluding carboxylic acids is 1. The van der Waals surface area contributed by atoms with E-state index in [9.17, 15) is 4.79 Å². The van der Waals surface area contributed by atoms with Crippen LogP contribution in [0.15, 0.2) is 30.3 Å². The molecule has 0 unspecified atom stereocenters. The highest BCUT2D eigenvalue weighted by Crippen LogP contribution is 2.25. The first-order valence-electron chi connectivity index (χ1n) is 8.22. The van der Waals surface area contributed by atoms with Gasteiger partial charge in [0.05, 0.1) is 0 Å². The number of hydrogen-bond donors (Lipinski definition) is 1. The molecule has 2 rings (SSSR count). The van der Waals surface area contributed by atoms with Gasteiger partial charge in [0.1, 0.15) is 0 Å². The highest BCUT2D eigenvalue weighted by molar-refractivity contribution is 5.94. The number of amides is 1. The van der Waals surface area contributed by atoms with Crippen LogP contribution < -0.4 is 10.2 Å². The topological polar surface area (TPSA) is 58.1 Å². The second-order valence-electron chi connectivity index (χ2n) is 6.95. The summed E-state index contributed by atoms with van der Waals surface area (Å²) in [5.41, 5.74) is 3.27. The lowest BCUT2D eigenvalue weighted by atomic mass is 9.95. The molecular formula is C19H26N4O. The maximum atomic E-state index is 12.1. The summed E-state index contributed by atoms with van der Waals surface area (Å²) < 4.78 is 0. The van der Waals surface area contributed by atoms with Crippen molar-refractivity contribution < 1.29 is 4.79 Å². The van der Waals surface area contributed by atoms with Crippen LogP contribution in [0.5, 0.6) is 0 Å². The summed E-state index contributed by atoms with van der Waals surface area (Å²) in [5.74, 6) is 0.696. The summed E-state index contributed by atoms with van der Waals surface area (Å²) in [6.07, 6.45) is 0. The third kappa shape index (κ3) is 4.31. The first-order chi connectivity index (χ1) is 11.2. The Kier molecular flexibility index (Phi) is 5.22. The van der Waals surface area contributed by atoms with E-state index in [0.29, 0.717) is 5.95 Å². The minimum Gasteiger partial charge on any atom is -0.326 e. The molecule has 5 nitrogen and oxygen atoms in total. The zero-order chi connectivity index (χ0) is 17.9. The molecule has 0 aliphatic heterocycles. The molecule has 2 aromatic rings. The second kappa shape index (κ2) is 6.99.